The van der Waals surface area contributed by atoms with Crippen LogP contribution >= 0.6 is 0 Å². The summed E-state index contributed by atoms with van der Waals surface area (Å²) in [5, 5.41) is 11.8. The number of hydrogen-bond donors (Lipinski definition) is 3. The molecule has 0 aliphatic heterocycles. The predicted molar refractivity (Wildman–Crippen MR) is 68.5 cm³/mol. The first kappa shape index (κ1) is 13.5. The highest BCUT2D eigenvalue weighted by atomic mass is 16.3. The molecule has 94 valence electrons. The Hall–Kier alpha value is -1.55. The van der Waals surface area contributed by atoms with E-state index in [0.717, 1.165) is 5.56 Å². The van der Waals surface area contributed by atoms with Crippen molar-refractivity contribution in [3.63, 3.8) is 0 Å². The summed E-state index contributed by atoms with van der Waals surface area (Å²) in [5.74, 6) is -0.0611. The summed E-state index contributed by atoms with van der Waals surface area (Å²) in [7, 11) is 0. The van der Waals surface area contributed by atoms with Gasteiger partial charge in [0.05, 0.1) is 6.42 Å². The summed E-state index contributed by atoms with van der Waals surface area (Å²) in [4.78, 5) is 11.8. The second-order valence-corrected chi connectivity index (χ2v) is 4.83. The van der Waals surface area contributed by atoms with Gasteiger partial charge in [-0.3, -0.25) is 4.79 Å². The zero-order valence-corrected chi connectivity index (χ0v) is 10.4. The average molecular weight is 236 g/mol. The van der Waals surface area contributed by atoms with Crippen molar-refractivity contribution in [3.05, 3.63) is 29.8 Å². The van der Waals surface area contributed by atoms with Gasteiger partial charge in [-0.15, -0.1) is 0 Å². The molecule has 0 aliphatic rings. The van der Waals surface area contributed by atoms with Gasteiger partial charge < -0.3 is 16.2 Å². The van der Waals surface area contributed by atoms with Crippen molar-refractivity contribution < 1.29 is 9.90 Å². The summed E-state index contributed by atoms with van der Waals surface area (Å²) < 4.78 is 0. The Balaban J connectivity index is 2.55. The third-order valence-electron chi connectivity index (χ3n) is 2.53. The summed E-state index contributed by atoms with van der Waals surface area (Å²) >= 11 is 0. The number of benzene rings is 1. The molecule has 0 fully saturated rings. The molecule has 0 atom stereocenters. The quantitative estimate of drug-likeness (QED) is 0.670. The molecule has 1 aromatic rings. The molecular formula is C13H20N2O2. The van der Waals surface area contributed by atoms with Crippen LogP contribution in [0.25, 0.3) is 0 Å². The van der Waals surface area contributed by atoms with E-state index in [4.69, 9.17) is 10.8 Å². The van der Waals surface area contributed by atoms with E-state index >= 15 is 0 Å². The fourth-order valence-electron chi connectivity index (χ4n) is 1.65. The monoisotopic (exact) mass is 236 g/mol. The van der Waals surface area contributed by atoms with Gasteiger partial charge in [0.2, 0.25) is 5.91 Å². The Labute approximate surface area is 102 Å². The molecular weight excluding hydrogens is 216 g/mol. The lowest BCUT2D eigenvalue weighted by molar-refractivity contribution is -0.122. The Kier molecular flexibility index (Phi) is 4.52. The SMILES string of the molecule is CC(C)(CCO)NC(=O)Cc1cccc(N)c1. The van der Waals surface area contributed by atoms with E-state index < -0.39 is 0 Å². The van der Waals surface area contributed by atoms with Crippen LogP contribution < -0.4 is 11.1 Å². The van der Waals surface area contributed by atoms with E-state index in [2.05, 4.69) is 5.32 Å². The molecule has 0 bridgehead atoms. The van der Waals surface area contributed by atoms with Gasteiger partial charge in [0.1, 0.15) is 0 Å². The molecule has 4 nitrogen and oxygen atoms in total. The second-order valence-electron chi connectivity index (χ2n) is 4.83. The first-order valence-corrected chi connectivity index (χ1v) is 5.69. The van der Waals surface area contributed by atoms with E-state index in [1.165, 1.54) is 0 Å². The van der Waals surface area contributed by atoms with Gasteiger partial charge in [-0.1, -0.05) is 12.1 Å². The Morgan fingerprint density at radius 1 is 1.47 bits per heavy atom. The lowest BCUT2D eigenvalue weighted by atomic mass is 10.0. The van der Waals surface area contributed by atoms with Crippen LogP contribution in [0.2, 0.25) is 0 Å². The molecule has 4 heteroatoms. The number of carbonyl (C=O) groups is 1. The maximum absolute atomic E-state index is 11.8. The van der Waals surface area contributed by atoms with Gasteiger partial charge in [-0.2, -0.15) is 0 Å². The van der Waals surface area contributed by atoms with Crippen molar-refractivity contribution in [1.29, 1.82) is 0 Å². The highest BCUT2D eigenvalue weighted by Gasteiger charge is 2.19. The lowest BCUT2D eigenvalue weighted by Gasteiger charge is -2.25. The number of nitrogens with one attached hydrogen (secondary N) is 1. The smallest absolute Gasteiger partial charge is 0.224 e. The van der Waals surface area contributed by atoms with E-state index in [-0.39, 0.29) is 18.1 Å². The molecule has 0 heterocycles. The lowest BCUT2D eigenvalue weighted by Crippen LogP contribution is -2.44. The van der Waals surface area contributed by atoms with Crippen molar-refractivity contribution in [2.75, 3.05) is 12.3 Å². The minimum absolute atomic E-state index is 0.0611. The van der Waals surface area contributed by atoms with Crippen LogP contribution in [0.4, 0.5) is 5.69 Å². The number of aliphatic hydroxyl groups is 1. The molecule has 0 unspecified atom stereocenters. The largest absolute Gasteiger partial charge is 0.399 e. The third-order valence-corrected chi connectivity index (χ3v) is 2.53. The second kappa shape index (κ2) is 5.68. The van der Waals surface area contributed by atoms with Crippen molar-refractivity contribution in [1.82, 2.24) is 5.32 Å². The number of nitrogens with two attached hydrogens (primary N) is 1. The highest BCUT2D eigenvalue weighted by Crippen LogP contribution is 2.10. The fraction of sp³-hybridized carbons (Fsp3) is 0.462. The van der Waals surface area contributed by atoms with Crippen LogP contribution in [0.15, 0.2) is 24.3 Å². The normalized spacial score (nSPS) is 11.2. The maximum Gasteiger partial charge on any atom is 0.224 e. The van der Waals surface area contributed by atoms with E-state index in [1.807, 2.05) is 26.0 Å². The van der Waals surface area contributed by atoms with Gasteiger partial charge in [-0.25, -0.2) is 0 Å². The number of nitrogen functional groups attached to an aromatic ring is 1. The maximum atomic E-state index is 11.8. The number of amides is 1. The third kappa shape index (κ3) is 4.87. The molecule has 0 aromatic heterocycles. The molecule has 0 spiro atoms. The van der Waals surface area contributed by atoms with Crippen LogP contribution in [0.1, 0.15) is 25.8 Å². The van der Waals surface area contributed by atoms with Gasteiger partial charge in [0.15, 0.2) is 0 Å². The number of rotatable bonds is 5. The van der Waals surface area contributed by atoms with E-state index in [0.29, 0.717) is 18.5 Å². The molecule has 1 rings (SSSR count). The summed E-state index contributed by atoms with van der Waals surface area (Å²) in [6, 6.07) is 7.28. The van der Waals surface area contributed by atoms with Gasteiger partial charge in [0.25, 0.3) is 0 Å². The zero-order valence-electron chi connectivity index (χ0n) is 10.4. The summed E-state index contributed by atoms with van der Waals surface area (Å²) in [5.41, 5.74) is 6.81. The van der Waals surface area contributed by atoms with Crippen LogP contribution in [-0.2, 0) is 11.2 Å². The molecule has 0 radical (unpaired) electrons. The first-order chi connectivity index (χ1) is 7.93. The van der Waals surface area contributed by atoms with Crippen molar-refractivity contribution in [2.24, 2.45) is 0 Å². The molecule has 1 aromatic carbocycles. The Bertz CT molecular complexity index is 389. The van der Waals surface area contributed by atoms with Gasteiger partial charge >= 0.3 is 0 Å². The van der Waals surface area contributed by atoms with E-state index in [1.54, 1.807) is 12.1 Å². The van der Waals surface area contributed by atoms with Crippen LogP contribution in [0, 0.1) is 0 Å². The number of aliphatic hydroxyl groups excluding tert-OH is 1. The number of carbonyl (C=O) groups excluding carboxylic acids is 1. The highest BCUT2D eigenvalue weighted by molar-refractivity contribution is 5.79. The Morgan fingerprint density at radius 2 is 2.18 bits per heavy atom. The molecule has 1 amide bonds. The summed E-state index contributed by atoms with van der Waals surface area (Å²) in [6.07, 6.45) is 0.843. The van der Waals surface area contributed by atoms with E-state index in [9.17, 15) is 4.79 Å². The summed E-state index contributed by atoms with van der Waals surface area (Å²) in [6.45, 7) is 3.84. The molecule has 0 saturated heterocycles. The minimum Gasteiger partial charge on any atom is -0.399 e. The van der Waals surface area contributed by atoms with Crippen molar-refractivity contribution in [3.8, 4) is 0 Å². The zero-order chi connectivity index (χ0) is 12.9. The number of anilines is 1. The molecule has 0 saturated carbocycles. The average Bonchev–Trinajstić information content (AvgIpc) is 2.15. The van der Waals surface area contributed by atoms with Gasteiger partial charge in [-0.05, 0) is 38.0 Å². The predicted octanol–water partition coefficient (Wildman–Crippen LogP) is 1.09. The van der Waals surface area contributed by atoms with Crippen LogP contribution in [0.3, 0.4) is 0 Å². The fourth-order valence-corrected chi connectivity index (χ4v) is 1.65. The van der Waals surface area contributed by atoms with Crippen LogP contribution in [0.5, 0.6) is 0 Å². The Morgan fingerprint density at radius 3 is 2.76 bits per heavy atom. The topological polar surface area (TPSA) is 75.3 Å². The standard InChI is InChI=1S/C13H20N2O2/c1-13(2,6-7-16)15-12(17)9-10-4-3-5-11(14)8-10/h3-5,8,16H,6-7,9,14H2,1-2H3,(H,15,17). The van der Waals surface area contributed by atoms with Gasteiger partial charge in [0, 0.05) is 17.8 Å². The molecule has 4 N–H and O–H groups in total. The molecule has 17 heavy (non-hydrogen) atoms. The number of hydrogen-bond acceptors (Lipinski definition) is 3. The van der Waals surface area contributed by atoms with Crippen molar-refractivity contribution in [2.45, 2.75) is 32.2 Å². The molecule has 0 aliphatic carbocycles. The minimum atomic E-state index is -0.383. The first-order valence-electron chi connectivity index (χ1n) is 5.69. The van der Waals surface area contributed by atoms with Crippen LogP contribution in [-0.4, -0.2) is 23.2 Å². The van der Waals surface area contributed by atoms with Crippen molar-refractivity contribution >= 4 is 11.6 Å².